The standard InChI is InChI=1S/C24H38O3/c1-5-18-10-13-22(23(15-18)25-4)27-24(14-17(2)3)26-21-12-11-19-8-6-7-9-20(19)16-21/h10,13,15,17,19-21,24H,5-9,11-12,14,16H2,1-4H3. The summed E-state index contributed by atoms with van der Waals surface area (Å²) >= 11 is 0. The summed E-state index contributed by atoms with van der Waals surface area (Å²) in [5.74, 6) is 3.96. The number of ether oxygens (including phenoxy) is 3. The lowest BCUT2D eigenvalue weighted by Gasteiger charge is -2.40. The van der Waals surface area contributed by atoms with Gasteiger partial charge < -0.3 is 14.2 Å². The zero-order valence-corrected chi connectivity index (χ0v) is 17.7. The predicted molar refractivity (Wildman–Crippen MR) is 110 cm³/mol. The molecular weight excluding hydrogens is 336 g/mol. The van der Waals surface area contributed by atoms with E-state index in [4.69, 9.17) is 14.2 Å². The maximum absolute atomic E-state index is 6.53. The fourth-order valence-electron chi connectivity index (χ4n) is 4.86. The van der Waals surface area contributed by atoms with Crippen LogP contribution in [0.15, 0.2) is 18.2 Å². The van der Waals surface area contributed by atoms with Crippen LogP contribution < -0.4 is 9.47 Å². The Kier molecular flexibility index (Phi) is 7.46. The maximum atomic E-state index is 6.53. The van der Waals surface area contributed by atoms with E-state index in [1.54, 1.807) is 7.11 Å². The first-order valence-electron chi connectivity index (χ1n) is 11.1. The minimum absolute atomic E-state index is 0.198. The Morgan fingerprint density at radius 3 is 2.48 bits per heavy atom. The molecule has 3 heteroatoms. The fraction of sp³-hybridized carbons (Fsp3) is 0.750. The lowest BCUT2D eigenvalue weighted by atomic mass is 9.70. The molecule has 0 spiro atoms. The zero-order chi connectivity index (χ0) is 19.2. The third-order valence-electron chi connectivity index (χ3n) is 6.39. The number of benzene rings is 1. The van der Waals surface area contributed by atoms with Crippen molar-refractivity contribution >= 4 is 0 Å². The minimum Gasteiger partial charge on any atom is -0.493 e. The van der Waals surface area contributed by atoms with Gasteiger partial charge in [-0.15, -0.1) is 0 Å². The van der Waals surface area contributed by atoms with E-state index in [1.165, 1.54) is 50.5 Å². The summed E-state index contributed by atoms with van der Waals surface area (Å²) in [6, 6.07) is 6.24. The highest BCUT2D eigenvalue weighted by Crippen LogP contribution is 2.42. The van der Waals surface area contributed by atoms with Crippen LogP contribution in [0.4, 0.5) is 0 Å². The second kappa shape index (κ2) is 9.82. The van der Waals surface area contributed by atoms with E-state index in [-0.39, 0.29) is 6.29 Å². The number of fused-ring (bicyclic) bond motifs is 1. The van der Waals surface area contributed by atoms with Crippen molar-refractivity contribution in [1.29, 1.82) is 0 Å². The number of methoxy groups -OCH3 is 1. The molecule has 0 aliphatic heterocycles. The number of aryl methyl sites for hydroxylation is 1. The Hall–Kier alpha value is -1.22. The molecule has 0 bridgehead atoms. The van der Waals surface area contributed by atoms with Crippen molar-refractivity contribution in [2.75, 3.05) is 7.11 Å². The third-order valence-corrected chi connectivity index (χ3v) is 6.39. The van der Waals surface area contributed by atoms with Crippen LogP contribution >= 0.6 is 0 Å². The van der Waals surface area contributed by atoms with Crippen molar-refractivity contribution in [2.45, 2.75) is 91.0 Å². The highest BCUT2D eigenvalue weighted by atomic mass is 16.7. The van der Waals surface area contributed by atoms with Gasteiger partial charge in [0.1, 0.15) is 0 Å². The van der Waals surface area contributed by atoms with E-state index in [0.717, 1.165) is 36.2 Å². The highest BCUT2D eigenvalue weighted by Gasteiger charge is 2.34. The van der Waals surface area contributed by atoms with Gasteiger partial charge in [-0.25, -0.2) is 0 Å². The van der Waals surface area contributed by atoms with E-state index < -0.39 is 0 Å². The van der Waals surface area contributed by atoms with E-state index in [1.807, 2.05) is 6.07 Å². The number of hydrogen-bond acceptors (Lipinski definition) is 3. The predicted octanol–water partition coefficient (Wildman–Crippen LogP) is 6.38. The van der Waals surface area contributed by atoms with E-state index in [9.17, 15) is 0 Å². The Morgan fingerprint density at radius 2 is 1.78 bits per heavy atom. The van der Waals surface area contributed by atoms with Crippen molar-refractivity contribution in [3.05, 3.63) is 23.8 Å². The monoisotopic (exact) mass is 374 g/mol. The summed E-state index contributed by atoms with van der Waals surface area (Å²) < 4.78 is 18.4. The van der Waals surface area contributed by atoms with Crippen LogP contribution in [0, 0.1) is 17.8 Å². The average Bonchev–Trinajstić information content (AvgIpc) is 2.67. The van der Waals surface area contributed by atoms with Gasteiger partial charge in [-0.3, -0.25) is 0 Å². The van der Waals surface area contributed by atoms with Gasteiger partial charge in [0.25, 0.3) is 0 Å². The Balaban J connectivity index is 1.65. The smallest absolute Gasteiger partial charge is 0.200 e. The Bertz CT molecular complexity index is 583. The van der Waals surface area contributed by atoms with E-state index >= 15 is 0 Å². The second-order valence-corrected chi connectivity index (χ2v) is 8.89. The molecule has 0 amide bonds. The molecule has 0 saturated heterocycles. The lowest BCUT2D eigenvalue weighted by Crippen LogP contribution is -2.36. The molecule has 3 nitrogen and oxygen atoms in total. The molecular formula is C24H38O3. The molecule has 4 atom stereocenters. The summed E-state index contributed by atoms with van der Waals surface area (Å²) in [6.45, 7) is 6.62. The Labute approximate surface area is 165 Å². The molecule has 152 valence electrons. The molecule has 2 fully saturated rings. The molecule has 1 aromatic carbocycles. The van der Waals surface area contributed by atoms with Crippen molar-refractivity contribution < 1.29 is 14.2 Å². The van der Waals surface area contributed by atoms with Crippen LogP contribution in [0.2, 0.25) is 0 Å². The average molecular weight is 375 g/mol. The molecule has 3 rings (SSSR count). The molecule has 2 saturated carbocycles. The van der Waals surface area contributed by atoms with Crippen LogP contribution in [0.3, 0.4) is 0 Å². The first kappa shape index (κ1) is 20.5. The summed E-state index contributed by atoms with van der Waals surface area (Å²) in [5, 5.41) is 0. The molecule has 0 aromatic heterocycles. The van der Waals surface area contributed by atoms with Gasteiger partial charge >= 0.3 is 0 Å². The molecule has 0 N–H and O–H groups in total. The summed E-state index contributed by atoms with van der Waals surface area (Å²) in [7, 11) is 1.71. The van der Waals surface area contributed by atoms with Crippen LogP contribution in [0.5, 0.6) is 11.5 Å². The molecule has 1 aromatic rings. The van der Waals surface area contributed by atoms with Crippen LogP contribution in [0.25, 0.3) is 0 Å². The van der Waals surface area contributed by atoms with E-state index in [2.05, 4.69) is 32.9 Å². The lowest BCUT2D eigenvalue weighted by molar-refractivity contribution is -0.147. The van der Waals surface area contributed by atoms with Crippen LogP contribution in [-0.4, -0.2) is 19.5 Å². The molecule has 27 heavy (non-hydrogen) atoms. The first-order chi connectivity index (χ1) is 13.1. The van der Waals surface area contributed by atoms with Gasteiger partial charge in [-0.2, -0.15) is 0 Å². The molecule has 2 aliphatic rings. The quantitative estimate of drug-likeness (QED) is 0.494. The highest BCUT2D eigenvalue weighted by molar-refractivity contribution is 5.43. The molecule has 0 radical (unpaired) electrons. The topological polar surface area (TPSA) is 27.7 Å². The van der Waals surface area contributed by atoms with Crippen LogP contribution in [-0.2, 0) is 11.2 Å². The van der Waals surface area contributed by atoms with Crippen molar-refractivity contribution in [3.63, 3.8) is 0 Å². The minimum atomic E-state index is -0.198. The Morgan fingerprint density at radius 1 is 1.00 bits per heavy atom. The first-order valence-corrected chi connectivity index (χ1v) is 11.1. The normalized spacial score (nSPS) is 26.5. The van der Waals surface area contributed by atoms with Gasteiger partial charge in [0.15, 0.2) is 11.5 Å². The maximum Gasteiger partial charge on any atom is 0.200 e. The third kappa shape index (κ3) is 5.63. The van der Waals surface area contributed by atoms with Crippen molar-refractivity contribution in [1.82, 2.24) is 0 Å². The van der Waals surface area contributed by atoms with Gasteiger partial charge in [0.05, 0.1) is 13.2 Å². The summed E-state index contributed by atoms with van der Waals surface area (Å²) in [6.07, 6.45) is 11.4. The van der Waals surface area contributed by atoms with Gasteiger partial charge in [-0.05, 0) is 61.1 Å². The summed E-state index contributed by atoms with van der Waals surface area (Å²) in [5.41, 5.74) is 1.26. The zero-order valence-electron chi connectivity index (χ0n) is 17.7. The van der Waals surface area contributed by atoms with Crippen molar-refractivity contribution in [3.8, 4) is 11.5 Å². The van der Waals surface area contributed by atoms with E-state index in [0.29, 0.717) is 12.0 Å². The fourth-order valence-corrected chi connectivity index (χ4v) is 4.86. The largest absolute Gasteiger partial charge is 0.493 e. The SMILES string of the molecule is CCc1ccc(OC(CC(C)C)OC2CCC3CCCCC3C2)c(OC)c1. The molecule has 4 unspecified atom stereocenters. The molecule has 2 aliphatic carbocycles. The molecule has 0 heterocycles. The number of rotatable bonds is 8. The second-order valence-electron chi connectivity index (χ2n) is 8.89. The van der Waals surface area contributed by atoms with Crippen molar-refractivity contribution in [2.24, 2.45) is 17.8 Å². The number of hydrogen-bond donors (Lipinski definition) is 0. The van der Waals surface area contributed by atoms with Gasteiger partial charge in [0, 0.05) is 6.42 Å². The van der Waals surface area contributed by atoms with Crippen LogP contribution in [0.1, 0.15) is 77.7 Å². The summed E-state index contributed by atoms with van der Waals surface area (Å²) in [4.78, 5) is 0. The van der Waals surface area contributed by atoms with Gasteiger partial charge in [0.2, 0.25) is 6.29 Å². The van der Waals surface area contributed by atoms with Gasteiger partial charge in [-0.1, -0.05) is 52.5 Å².